The van der Waals surface area contributed by atoms with E-state index >= 15 is 0 Å². The molecule has 0 aliphatic heterocycles. The van der Waals surface area contributed by atoms with Crippen LogP contribution in [-0.2, 0) is 4.79 Å². The highest BCUT2D eigenvalue weighted by atomic mass is 19.1. The van der Waals surface area contributed by atoms with Gasteiger partial charge in [0.1, 0.15) is 17.7 Å². The molecule has 1 atom stereocenters. The summed E-state index contributed by atoms with van der Waals surface area (Å²) in [4.78, 5) is 13.2. The molecular formula is C10H10FNO2. The summed E-state index contributed by atoms with van der Waals surface area (Å²) in [5.41, 5.74) is 0. The zero-order valence-electron chi connectivity index (χ0n) is 7.74. The normalized spacial score (nSPS) is 11.6. The van der Waals surface area contributed by atoms with Crippen LogP contribution in [0.15, 0.2) is 29.3 Å². The van der Waals surface area contributed by atoms with Crippen LogP contribution >= 0.6 is 0 Å². The summed E-state index contributed by atoms with van der Waals surface area (Å²) < 4.78 is 18.0. The molecule has 14 heavy (non-hydrogen) atoms. The minimum absolute atomic E-state index is 0.222. The number of carbonyl (C=O) groups excluding carboxylic acids is 1. The van der Waals surface area contributed by atoms with Gasteiger partial charge in [-0.15, -0.1) is 0 Å². The van der Waals surface area contributed by atoms with Gasteiger partial charge in [-0.3, -0.25) is 0 Å². The van der Waals surface area contributed by atoms with Gasteiger partial charge in [0.2, 0.25) is 6.08 Å². The maximum atomic E-state index is 12.7. The summed E-state index contributed by atoms with van der Waals surface area (Å²) in [6.07, 6.45) is 1.15. The molecule has 0 aliphatic rings. The highest BCUT2D eigenvalue weighted by Crippen LogP contribution is 2.13. The molecular weight excluding hydrogens is 185 g/mol. The Morgan fingerprint density at radius 2 is 2.43 bits per heavy atom. The van der Waals surface area contributed by atoms with Gasteiger partial charge < -0.3 is 4.74 Å². The van der Waals surface area contributed by atoms with Crippen LogP contribution in [0.25, 0.3) is 0 Å². The SMILES string of the molecule is CC(CN=C=O)Oc1cccc(F)c1. The lowest BCUT2D eigenvalue weighted by Gasteiger charge is -2.11. The van der Waals surface area contributed by atoms with Crippen molar-refractivity contribution in [2.24, 2.45) is 4.99 Å². The molecule has 0 spiro atoms. The Bertz CT molecular complexity index is 348. The lowest BCUT2D eigenvalue weighted by molar-refractivity contribution is 0.229. The van der Waals surface area contributed by atoms with E-state index in [1.807, 2.05) is 0 Å². The second kappa shape index (κ2) is 5.14. The molecule has 0 saturated heterocycles. The third kappa shape index (κ3) is 3.37. The van der Waals surface area contributed by atoms with E-state index < -0.39 is 0 Å². The molecule has 0 N–H and O–H groups in total. The summed E-state index contributed by atoms with van der Waals surface area (Å²) in [6.45, 7) is 1.96. The second-order valence-electron chi connectivity index (χ2n) is 2.82. The van der Waals surface area contributed by atoms with Crippen molar-refractivity contribution >= 4 is 6.08 Å². The first-order valence-electron chi connectivity index (χ1n) is 4.18. The number of ether oxygens (including phenoxy) is 1. The van der Waals surface area contributed by atoms with Crippen molar-refractivity contribution in [2.45, 2.75) is 13.0 Å². The van der Waals surface area contributed by atoms with Gasteiger partial charge in [-0.05, 0) is 19.1 Å². The highest BCUT2D eigenvalue weighted by Gasteiger charge is 2.03. The number of aliphatic imine (C=N–C) groups is 1. The number of benzene rings is 1. The predicted molar refractivity (Wildman–Crippen MR) is 49.5 cm³/mol. The molecule has 0 bridgehead atoms. The summed E-state index contributed by atoms with van der Waals surface area (Å²) >= 11 is 0. The van der Waals surface area contributed by atoms with E-state index in [-0.39, 0.29) is 18.5 Å². The number of hydrogen-bond acceptors (Lipinski definition) is 3. The first kappa shape index (κ1) is 10.4. The van der Waals surface area contributed by atoms with Crippen LogP contribution in [-0.4, -0.2) is 18.7 Å². The Balaban J connectivity index is 2.55. The fourth-order valence-corrected chi connectivity index (χ4v) is 0.976. The van der Waals surface area contributed by atoms with E-state index in [2.05, 4.69) is 4.99 Å². The molecule has 0 radical (unpaired) electrons. The van der Waals surface area contributed by atoms with Crippen molar-refractivity contribution in [3.8, 4) is 5.75 Å². The van der Waals surface area contributed by atoms with Gasteiger partial charge in [-0.1, -0.05) is 6.07 Å². The number of nitrogens with zero attached hydrogens (tertiary/aromatic N) is 1. The molecule has 0 saturated carbocycles. The number of halogens is 1. The molecule has 0 aromatic heterocycles. The van der Waals surface area contributed by atoms with Crippen molar-refractivity contribution in [3.63, 3.8) is 0 Å². The minimum Gasteiger partial charge on any atom is -0.489 e. The van der Waals surface area contributed by atoms with Crippen LogP contribution in [0, 0.1) is 5.82 Å². The van der Waals surface area contributed by atoms with Crippen molar-refractivity contribution < 1.29 is 13.9 Å². The largest absolute Gasteiger partial charge is 0.489 e. The zero-order chi connectivity index (χ0) is 10.4. The molecule has 0 amide bonds. The highest BCUT2D eigenvalue weighted by molar-refractivity contribution is 5.32. The van der Waals surface area contributed by atoms with Gasteiger partial charge in [-0.25, -0.2) is 14.2 Å². The van der Waals surface area contributed by atoms with Crippen LogP contribution in [0.5, 0.6) is 5.75 Å². The molecule has 3 nitrogen and oxygen atoms in total. The Morgan fingerprint density at radius 1 is 1.64 bits per heavy atom. The Labute approximate surface area is 81.2 Å². The fraction of sp³-hybridized carbons (Fsp3) is 0.300. The van der Waals surface area contributed by atoms with Gasteiger partial charge in [0, 0.05) is 6.07 Å². The lowest BCUT2D eigenvalue weighted by atomic mass is 10.3. The molecule has 0 aliphatic carbocycles. The molecule has 1 unspecified atom stereocenters. The van der Waals surface area contributed by atoms with Crippen LogP contribution in [0.2, 0.25) is 0 Å². The summed E-state index contributed by atoms with van der Waals surface area (Å²) in [6, 6.07) is 5.81. The van der Waals surface area contributed by atoms with Gasteiger partial charge in [0.25, 0.3) is 0 Å². The molecule has 0 heterocycles. The summed E-state index contributed by atoms with van der Waals surface area (Å²) in [5, 5.41) is 0. The molecule has 1 rings (SSSR count). The zero-order valence-corrected chi connectivity index (χ0v) is 7.74. The third-order valence-electron chi connectivity index (χ3n) is 1.55. The van der Waals surface area contributed by atoms with Crippen molar-refractivity contribution in [1.29, 1.82) is 0 Å². The Hall–Kier alpha value is -1.67. The van der Waals surface area contributed by atoms with Gasteiger partial charge >= 0.3 is 0 Å². The van der Waals surface area contributed by atoms with E-state index in [4.69, 9.17) is 4.74 Å². The van der Waals surface area contributed by atoms with E-state index in [0.29, 0.717) is 5.75 Å². The van der Waals surface area contributed by atoms with E-state index in [9.17, 15) is 9.18 Å². The fourth-order valence-electron chi connectivity index (χ4n) is 0.976. The average molecular weight is 195 g/mol. The second-order valence-corrected chi connectivity index (χ2v) is 2.82. The van der Waals surface area contributed by atoms with Gasteiger partial charge in [0.05, 0.1) is 6.54 Å². The Morgan fingerprint density at radius 3 is 3.07 bits per heavy atom. The average Bonchev–Trinajstić information content (AvgIpc) is 2.15. The maximum absolute atomic E-state index is 12.7. The lowest BCUT2D eigenvalue weighted by Crippen LogP contribution is -2.15. The number of hydrogen-bond donors (Lipinski definition) is 0. The van der Waals surface area contributed by atoms with E-state index in [0.717, 1.165) is 0 Å². The van der Waals surface area contributed by atoms with Crippen LogP contribution in [0.1, 0.15) is 6.92 Å². The maximum Gasteiger partial charge on any atom is 0.235 e. The van der Waals surface area contributed by atoms with Crippen molar-refractivity contribution in [1.82, 2.24) is 0 Å². The predicted octanol–water partition coefficient (Wildman–Crippen LogP) is 1.93. The number of isocyanates is 1. The summed E-state index contributed by atoms with van der Waals surface area (Å²) in [7, 11) is 0. The van der Waals surface area contributed by atoms with Crippen LogP contribution in [0.3, 0.4) is 0 Å². The molecule has 1 aromatic rings. The molecule has 0 fully saturated rings. The van der Waals surface area contributed by atoms with Gasteiger partial charge in [0.15, 0.2) is 0 Å². The summed E-state index contributed by atoms with van der Waals surface area (Å²) in [5.74, 6) is 0.0761. The van der Waals surface area contributed by atoms with E-state index in [1.54, 1.807) is 19.1 Å². The Kier molecular flexibility index (Phi) is 3.83. The topological polar surface area (TPSA) is 38.7 Å². The molecule has 4 heteroatoms. The first-order chi connectivity index (χ1) is 6.72. The smallest absolute Gasteiger partial charge is 0.235 e. The van der Waals surface area contributed by atoms with Crippen molar-refractivity contribution in [2.75, 3.05) is 6.54 Å². The van der Waals surface area contributed by atoms with E-state index in [1.165, 1.54) is 18.2 Å². The first-order valence-corrected chi connectivity index (χ1v) is 4.18. The monoisotopic (exact) mass is 195 g/mol. The quantitative estimate of drug-likeness (QED) is 0.544. The van der Waals surface area contributed by atoms with Gasteiger partial charge in [-0.2, -0.15) is 0 Å². The molecule has 74 valence electrons. The van der Waals surface area contributed by atoms with Crippen LogP contribution < -0.4 is 4.74 Å². The van der Waals surface area contributed by atoms with Crippen molar-refractivity contribution in [3.05, 3.63) is 30.1 Å². The third-order valence-corrected chi connectivity index (χ3v) is 1.55. The minimum atomic E-state index is -0.353. The molecule has 1 aromatic carbocycles. The standard InChI is InChI=1S/C10H10FNO2/c1-8(6-12-7-13)14-10-4-2-3-9(11)5-10/h2-5,8H,6H2,1H3. The number of rotatable bonds is 4. The van der Waals surface area contributed by atoms with Crippen LogP contribution in [0.4, 0.5) is 4.39 Å².